The van der Waals surface area contributed by atoms with Gasteiger partial charge < -0.3 is 15.2 Å². The first-order valence-corrected chi connectivity index (χ1v) is 7.68. The van der Waals surface area contributed by atoms with Gasteiger partial charge in [0.1, 0.15) is 6.54 Å². The van der Waals surface area contributed by atoms with E-state index in [2.05, 4.69) is 49.7 Å². The van der Waals surface area contributed by atoms with Crippen LogP contribution < -0.4 is 10.6 Å². The average Bonchev–Trinajstić information content (AvgIpc) is 2.81. The Bertz CT molecular complexity index is 601. The molecule has 4 nitrogen and oxygen atoms in total. The van der Waals surface area contributed by atoms with E-state index in [1.807, 2.05) is 16.7 Å². The molecule has 0 unspecified atom stereocenters. The molecule has 0 saturated carbocycles. The second kappa shape index (κ2) is 7.27. The van der Waals surface area contributed by atoms with Crippen LogP contribution in [0, 0.1) is 0 Å². The molecule has 0 radical (unpaired) electrons. The van der Waals surface area contributed by atoms with Gasteiger partial charge in [-0.1, -0.05) is 39.0 Å². The summed E-state index contributed by atoms with van der Waals surface area (Å²) in [5.41, 5.74) is 2.35. The maximum absolute atomic E-state index is 11.9. The Morgan fingerprint density at radius 3 is 2.76 bits per heavy atom. The van der Waals surface area contributed by atoms with Crippen LogP contribution in [0.15, 0.2) is 30.5 Å². The zero-order valence-electron chi connectivity index (χ0n) is 13.1. The molecular formula is C17H25N3O. The van der Waals surface area contributed by atoms with Crippen molar-refractivity contribution in [3.8, 4) is 0 Å². The monoisotopic (exact) mass is 287 g/mol. The van der Waals surface area contributed by atoms with Crippen molar-refractivity contribution in [3.05, 3.63) is 36.0 Å². The fourth-order valence-corrected chi connectivity index (χ4v) is 2.38. The molecule has 1 aromatic carbocycles. The molecule has 1 amide bonds. The van der Waals surface area contributed by atoms with Gasteiger partial charge in [0.25, 0.3) is 0 Å². The maximum atomic E-state index is 11.9. The lowest BCUT2D eigenvalue weighted by Gasteiger charge is -2.06. The summed E-state index contributed by atoms with van der Waals surface area (Å²) in [4.78, 5) is 11.9. The molecule has 0 aliphatic rings. The van der Waals surface area contributed by atoms with Crippen molar-refractivity contribution >= 4 is 16.8 Å². The van der Waals surface area contributed by atoms with Crippen LogP contribution in [0.1, 0.15) is 32.8 Å². The van der Waals surface area contributed by atoms with Crippen molar-refractivity contribution in [1.82, 2.24) is 15.2 Å². The first-order valence-electron chi connectivity index (χ1n) is 7.68. The number of carbonyl (C=O) groups is 1. The number of hydrogen-bond donors (Lipinski definition) is 2. The lowest BCUT2D eigenvalue weighted by atomic mass is 10.2. The third-order valence-electron chi connectivity index (χ3n) is 3.46. The molecule has 0 spiro atoms. The summed E-state index contributed by atoms with van der Waals surface area (Å²) in [6.45, 7) is 8.26. The summed E-state index contributed by atoms with van der Waals surface area (Å²) in [5, 5.41) is 7.59. The van der Waals surface area contributed by atoms with E-state index in [4.69, 9.17) is 0 Å². The van der Waals surface area contributed by atoms with Crippen molar-refractivity contribution in [2.75, 3.05) is 6.54 Å². The minimum atomic E-state index is 0.0703. The summed E-state index contributed by atoms with van der Waals surface area (Å²) >= 11 is 0. The first kappa shape index (κ1) is 15.6. The van der Waals surface area contributed by atoms with Gasteiger partial charge in [-0.05, 0) is 18.1 Å². The summed E-state index contributed by atoms with van der Waals surface area (Å²) in [7, 11) is 0. The van der Waals surface area contributed by atoms with Crippen molar-refractivity contribution in [3.63, 3.8) is 0 Å². The van der Waals surface area contributed by atoms with E-state index < -0.39 is 0 Å². The summed E-state index contributed by atoms with van der Waals surface area (Å²) in [5.74, 6) is 0.0703. The molecule has 114 valence electrons. The standard InChI is InChI=1S/C17H25N3O/c1-4-9-18-17(21)12-20-11-14(10-19-13(2)3)15-7-5-6-8-16(15)20/h5-8,11,13,19H,4,9-10,12H2,1-3H3,(H,18,21). The number of aromatic nitrogens is 1. The Kier molecular flexibility index (Phi) is 5.39. The SMILES string of the molecule is CCCNC(=O)Cn1cc(CNC(C)C)c2ccccc21. The summed E-state index contributed by atoms with van der Waals surface area (Å²) in [6.07, 6.45) is 3.05. The van der Waals surface area contributed by atoms with E-state index in [-0.39, 0.29) is 5.91 Å². The topological polar surface area (TPSA) is 46.1 Å². The van der Waals surface area contributed by atoms with E-state index >= 15 is 0 Å². The Morgan fingerprint density at radius 2 is 2.05 bits per heavy atom. The molecule has 1 aromatic heterocycles. The van der Waals surface area contributed by atoms with Crippen molar-refractivity contribution < 1.29 is 4.79 Å². The molecule has 0 atom stereocenters. The summed E-state index contributed by atoms with van der Waals surface area (Å²) < 4.78 is 2.04. The molecule has 1 heterocycles. The van der Waals surface area contributed by atoms with Gasteiger partial charge in [-0.2, -0.15) is 0 Å². The molecule has 21 heavy (non-hydrogen) atoms. The molecule has 0 aliphatic heterocycles. The van der Waals surface area contributed by atoms with E-state index in [1.165, 1.54) is 10.9 Å². The molecule has 0 saturated heterocycles. The van der Waals surface area contributed by atoms with Crippen LogP contribution in [-0.2, 0) is 17.9 Å². The third-order valence-corrected chi connectivity index (χ3v) is 3.46. The number of nitrogens with zero attached hydrogens (tertiary/aromatic N) is 1. The predicted octanol–water partition coefficient (Wildman–Crippen LogP) is 2.67. The van der Waals surface area contributed by atoms with Gasteiger partial charge in [-0.25, -0.2) is 0 Å². The van der Waals surface area contributed by atoms with Gasteiger partial charge in [0, 0.05) is 36.2 Å². The highest BCUT2D eigenvalue weighted by atomic mass is 16.1. The van der Waals surface area contributed by atoms with Crippen molar-refractivity contribution in [1.29, 1.82) is 0 Å². The van der Waals surface area contributed by atoms with E-state index in [9.17, 15) is 4.79 Å². The van der Waals surface area contributed by atoms with Gasteiger partial charge in [-0.15, -0.1) is 0 Å². The third kappa shape index (κ3) is 4.08. The maximum Gasteiger partial charge on any atom is 0.239 e. The van der Waals surface area contributed by atoms with E-state index in [0.717, 1.165) is 25.0 Å². The smallest absolute Gasteiger partial charge is 0.239 e. The number of carbonyl (C=O) groups excluding carboxylic acids is 1. The van der Waals surface area contributed by atoms with Crippen molar-refractivity contribution in [2.45, 2.75) is 46.3 Å². The fourth-order valence-electron chi connectivity index (χ4n) is 2.38. The van der Waals surface area contributed by atoms with Crippen molar-refractivity contribution in [2.24, 2.45) is 0 Å². The molecular weight excluding hydrogens is 262 g/mol. The zero-order chi connectivity index (χ0) is 15.2. The summed E-state index contributed by atoms with van der Waals surface area (Å²) in [6, 6.07) is 8.69. The largest absolute Gasteiger partial charge is 0.355 e. The highest BCUT2D eigenvalue weighted by Gasteiger charge is 2.10. The Hall–Kier alpha value is -1.81. The van der Waals surface area contributed by atoms with Gasteiger partial charge in [-0.3, -0.25) is 4.79 Å². The first-order chi connectivity index (χ1) is 10.1. The zero-order valence-corrected chi connectivity index (χ0v) is 13.1. The fraction of sp³-hybridized carbons (Fsp3) is 0.471. The van der Waals surface area contributed by atoms with Gasteiger partial charge in [0.05, 0.1) is 0 Å². The van der Waals surface area contributed by atoms with Gasteiger partial charge in [0.2, 0.25) is 5.91 Å². The van der Waals surface area contributed by atoms with Crippen LogP contribution in [0.4, 0.5) is 0 Å². The minimum absolute atomic E-state index is 0.0703. The van der Waals surface area contributed by atoms with Crippen LogP contribution in [0.2, 0.25) is 0 Å². The van der Waals surface area contributed by atoms with Crippen LogP contribution in [0.3, 0.4) is 0 Å². The van der Waals surface area contributed by atoms with Crippen LogP contribution in [0.5, 0.6) is 0 Å². The number of para-hydroxylation sites is 1. The predicted molar refractivity (Wildman–Crippen MR) is 87.2 cm³/mol. The number of hydrogen-bond acceptors (Lipinski definition) is 2. The number of benzene rings is 1. The molecule has 0 bridgehead atoms. The number of nitrogens with one attached hydrogen (secondary N) is 2. The molecule has 2 aromatic rings. The Labute approximate surface area is 126 Å². The molecule has 0 aliphatic carbocycles. The van der Waals surface area contributed by atoms with Gasteiger partial charge in [0.15, 0.2) is 0 Å². The number of rotatable bonds is 7. The minimum Gasteiger partial charge on any atom is -0.355 e. The lowest BCUT2D eigenvalue weighted by Crippen LogP contribution is -2.27. The van der Waals surface area contributed by atoms with Gasteiger partial charge >= 0.3 is 0 Å². The molecule has 2 rings (SSSR count). The van der Waals surface area contributed by atoms with Crippen LogP contribution >= 0.6 is 0 Å². The van der Waals surface area contributed by atoms with Crippen LogP contribution in [-0.4, -0.2) is 23.1 Å². The second-order valence-electron chi connectivity index (χ2n) is 5.68. The highest BCUT2D eigenvalue weighted by molar-refractivity contribution is 5.86. The quantitative estimate of drug-likeness (QED) is 0.822. The normalized spacial score (nSPS) is 11.2. The average molecular weight is 287 g/mol. The Morgan fingerprint density at radius 1 is 1.29 bits per heavy atom. The lowest BCUT2D eigenvalue weighted by molar-refractivity contribution is -0.121. The second-order valence-corrected chi connectivity index (χ2v) is 5.68. The highest BCUT2D eigenvalue weighted by Crippen LogP contribution is 2.21. The van der Waals surface area contributed by atoms with E-state index in [1.54, 1.807) is 0 Å². The molecule has 4 heteroatoms. The Balaban J connectivity index is 2.21. The molecule has 0 fully saturated rings. The van der Waals surface area contributed by atoms with Crippen LogP contribution in [0.25, 0.3) is 10.9 Å². The molecule has 2 N–H and O–H groups in total. The number of amides is 1. The van der Waals surface area contributed by atoms with E-state index in [0.29, 0.717) is 12.6 Å². The number of fused-ring (bicyclic) bond motifs is 1.